The normalized spacial score (nSPS) is 13.7. The summed E-state index contributed by atoms with van der Waals surface area (Å²) in [7, 11) is -1.92. The molecule has 3 nitrogen and oxygen atoms in total. The van der Waals surface area contributed by atoms with Crippen LogP contribution in [0.25, 0.3) is 71.7 Å². The van der Waals surface area contributed by atoms with E-state index in [2.05, 4.69) is 138 Å². The van der Waals surface area contributed by atoms with E-state index in [1.807, 2.05) is 12.3 Å². The van der Waals surface area contributed by atoms with E-state index >= 15 is 0 Å². The zero-order chi connectivity index (χ0) is 28.0. The summed E-state index contributed by atoms with van der Waals surface area (Å²) in [4.78, 5) is 9.73. The van der Waals surface area contributed by atoms with Crippen LogP contribution in [0.1, 0.15) is 0 Å². The lowest BCUT2D eigenvalue weighted by Gasteiger charge is -2.21. The Bertz CT molecular complexity index is 2380. The van der Waals surface area contributed by atoms with Crippen LogP contribution in [0.15, 0.2) is 128 Å². The lowest BCUT2D eigenvalue weighted by atomic mass is 10.0. The minimum atomic E-state index is -1.92. The van der Waals surface area contributed by atoms with Gasteiger partial charge in [-0.05, 0) is 51.8 Å². The van der Waals surface area contributed by atoms with Crippen molar-refractivity contribution >= 4 is 62.1 Å². The van der Waals surface area contributed by atoms with Crippen LogP contribution in [0.2, 0.25) is 13.1 Å². The van der Waals surface area contributed by atoms with Crippen molar-refractivity contribution in [2.75, 3.05) is 0 Å². The molecule has 0 radical (unpaired) electrons. The van der Waals surface area contributed by atoms with Crippen molar-refractivity contribution in [1.29, 1.82) is 0 Å². The van der Waals surface area contributed by atoms with Crippen LogP contribution in [0.4, 0.5) is 0 Å². The average Bonchev–Trinajstić information content (AvgIpc) is 3.50. The first-order valence-corrected chi connectivity index (χ1v) is 17.5. The van der Waals surface area contributed by atoms with Crippen molar-refractivity contribution in [2.24, 2.45) is 0 Å². The van der Waals surface area contributed by atoms with Crippen molar-refractivity contribution < 1.29 is 0 Å². The van der Waals surface area contributed by atoms with Crippen LogP contribution in [-0.4, -0.2) is 22.6 Å². The van der Waals surface area contributed by atoms with E-state index in [9.17, 15) is 0 Å². The molecular weight excluding hydrogens is 527 g/mol. The molecule has 0 unspecified atom stereocenters. The maximum Gasteiger partial charge on any atom is 0.116 e. The summed E-state index contributed by atoms with van der Waals surface area (Å²) < 4.78 is 2.50. The lowest BCUT2D eigenvalue weighted by molar-refractivity contribution is 1.18. The number of para-hydroxylation sites is 1. The van der Waals surface area contributed by atoms with Gasteiger partial charge in [0.1, 0.15) is 8.07 Å². The van der Waals surface area contributed by atoms with E-state index in [0.29, 0.717) is 0 Å². The first kappa shape index (κ1) is 23.6. The van der Waals surface area contributed by atoms with Crippen LogP contribution < -0.4 is 10.4 Å². The summed E-state index contributed by atoms with van der Waals surface area (Å²) in [5, 5.41) is 7.92. The maximum absolute atomic E-state index is 5.09. The third-order valence-corrected chi connectivity index (χ3v) is 12.7. The predicted molar refractivity (Wildman–Crippen MR) is 179 cm³/mol. The number of rotatable bonds is 2. The molecule has 5 aromatic carbocycles. The Morgan fingerprint density at radius 2 is 1.36 bits per heavy atom. The van der Waals surface area contributed by atoms with Crippen LogP contribution in [0, 0.1) is 0 Å². The Morgan fingerprint density at radius 3 is 2.24 bits per heavy atom. The highest BCUT2D eigenvalue weighted by atomic mass is 28.3. The molecule has 42 heavy (non-hydrogen) atoms. The molecule has 9 rings (SSSR count). The van der Waals surface area contributed by atoms with E-state index in [1.54, 1.807) is 0 Å². The fraction of sp³-hybridized carbons (Fsp3) is 0.0526. The van der Waals surface area contributed by atoms with Gasteiger partial charge in [0.15, 0.2) is 0 Å². The van der Waals surface area contributed by atoms with Crippen LogP contribution in [-0.2, 0) is 0 Å². The van der Waals surface area contributed by atoms with Crippen LogP contribution in [0.5, 0.6) is 0 Å². The Morgan fingerprint density at radius 1 is 0.595 bits per heavy atom. The largest absolute Gasteiger partial charge is 0.309 e. The van der Waals surface area contributed by atoms with Crippen molar-refractivity contribution in [1.82, 2.24) is 14.5 Å². The number of hydrogen-bond donors (Lipinski definition) is 0. The second-order valence-corrected chi connectivity index (χ2v) is 16.2. The Kier molecular flexibility index (Phi) is 4.77. The minimum Gasteiger partial charge on any atom is -0.309 e. The first-order valence-electron chi connectivity index (χ1n) is 14.5. The van der Waals surface area contributed by atoms with Gasteiger partial charge in [-0.1, -0.05) is 104 Å². The molecular formula is C38H27N3Si. The van der Waals surface area contributed by atoms with Gasteiger partial charge in [0.2, 0.25) is 0 Å². The van der Waals surface area contributed by atoms with Gasteiger partial charge in [-0.25, -0.2) is 4.98 Å². The summed E-state index contributed by atoms with van der Waals surface area (Å²) in [5.74, 6) is 0. The third-order valence-electron chi connectivity index (χ3n) is 9.21. The summed E-state index contributed by atoms with van der Waals surface area (Å²) in [6, 6.07) is 44.1. The smallest absolute Gasteiger partial charge is 0.116 e. The minimum absolute atomic E-state index is 0.944. The number of benzene rings is 5. The SMILES string of the molecule is C[Si]1(C)c2ccccc2-c2ccc3c4ccccc4n(-c4ccc(-c5ccc6ccc7cccnc7c6n5)cc4)c3c21. The fourth-order valence-electron chi connectivity index (χ4n) is 7.25. The second kappa shape index (κ2) is 8.48. The summed E-state index contributed by atoms with van der Waals surface area (Å²) in [6.45, 7) is 5.01. The van der Waals surface area contributed by atoms with Crippen LogP contribution in [0.3, 0.4) is 0 Å². The van der Waals surface area contributed by atoms with Crippen LogP contribution >= 0.6 is 0 Å². The van der Waals surface area contributed by atoms with Gasteiger partial charge < -0.3 is 4.57 Å². The molecule has 0 atom stereocenters. The first-order chi connectivity index (χ1) is 20.6. The number of fused-ring (bicyclic) bond motifs is 10. The molecule has 0 N–H and O–H groups in total. The Hall–Kier alpha value is -5.06. The number of pyridine rings is 2. The zero-order valence-corrected chi connectivity index (χ0v) is 24.5. The van der Waals surface area contributed by atoms with Gasteiger partial charge in [0, 0.05) is 39.0 Å². The molecule has 8 aromatic rings. The molecule has 0 saturated carbocycles. The summed E-state index contributed by atoms with van der Waals surface area (Å²) in [6.07, 6.45) is 1.84. The molecule has 4 heteroatoms. The van der Waals surface area contributed by atoms with Gasteiger partial charge >= 0.3 is 0 Å². The van der Waals surface area contributed by atoms with Crippen molar-refractivity contribution in [3.05, 3.63) is 128 Å². The quantitative estimate of drug-likeness (QED) is 0.159. The van der Waals surface area contributed by atoms with E-state index in [0.717, 1.165) is 33.1 Å². The fourth-order valence-corrected chi connectivity index (χ4v) is 10.6. The average molecular weight is 554 g/mol. The number of nitrogens with zero attached hydrogens (tertiary/aromatic N) is 3. The highest BCUT2D eigenvalue weighted by Crippen LogP contribution is 2.38. The predicted octanol–water partition coefficient (Wildman–Crippen LogP) is 8.35. The van der Waals surface area contributed by atoms with Crippen molar-refractivity contribution in [3.8, 4) is 28.1 Å². The molecule has 198 valence electrons. The summed E-state index contributed by atoms with van der Waals surface area (Å²) >= 11 is 0. The highest BCUT2D eigenvalue weighted by molar-refractivity contribution is 7.05. The molecule has 0 saturated heterocycles. The lowest BCUT2D eigenvalue weighted by Crippen LogP contribution is -2.49. The second-order valence-electron chi connectivity index (χ2n) is 11.9. The van der Waals surface area contributed by atoms with Crippen molar-refractivity contribution in [2.45, 2.75) is 13.1 Å². The number of hydrogen-bond acceptors (Lipinski definition) is 2. The molecule has 1 aliphatic rings. The topological polar surface area (TPSA) is 30.7 Å². The molecule has 4 heterocycles. The van der Waals surface area contributed by atoms with E-state index in [1.165, 1.54) is 49.0 Å². The molecule has 3 aromatic heterocycles. The third kappa shape index (κ3) is 3.15. The van der Waals surface area contributed by atoms with E-state index < -0.39 is 8.07 Å². The number of aromatic nitrogens is 3. The van der Waals surface area contributed by atoms with Crippen molar-refractivity contribution in [3.63, 3.8) is 0 Å². The summed E-state index contributed by atoms with van der Waals surface area (Å²) in [5.41, 5.74) is 10.5. The van der Waals surface area contributed by atoms with E-state index in [4.69, 9.17) is 4.98 Å². The van der Waals surface area contributed by atoms with Gasteiger partial charge in [-0.15, -0.1) is 0 Å². The molecule has 0 amide bonds. The highest BCUT2D eigenvalue weighted by Gasteiger charge is 2.40. The monoisotopic (exact) mass is 553 g/mol. The Balaban J connectivity index is 1.26. The van der Waals surface area contributed by atoms with E-state index in [-0.39, 0.29) is 0 Å². The maximum atomic E-state index is 5.09. The van der Waals surface area contributed by atoms with Gasteiger partial charge in [0.05, 0.1) is 27.8 Å². The molecule has 1 aliphatic heterocycles. The van der Waals surface area contributed by atoms with Gasteiger partial charge in [-0.2, -0.15) is 0 Å². The standard InChI is InChI=1S/C38H27N3Si/c1-42(2)34-12-6-4-10-29(34)31-21-20-30-28-9-3-5-11-33(28)41(37(30)38(31)42)27-18-15-24(16-19-27)32-22-17-26-14-13-25-8-7-23-39-35(25)36(26)40-32/h3-23H,1-2H3. The van der Waals surface area contributed by atoms with Gasteiger partial charge in [0.25, 0.3) is 0 Å². The molecule has 0 spiro atoms. The van der Waals surface area contributed by atoms with Gasteiger partial charge in [-0.3, -0.25) is 4.98 Å². The Labute approximate surface area is 244 Å². The molecule has 0 aliphatic carbocycles. The molecule has 0 bridgehead atoms. The zero-order valence-electron chi connectivity index (χ0n) is 23.5. The molecule has 0 fully saturated rings.